The highest BCUT2D eigenvalue weighted by molar-refractivity contribution is 5.84. The molecule has 12 heteroatoms. The minimum atomic E-state index is -4.52. The number of alkyl halides is 3. The van der Waals surface area contributed by atoms with E-state index in [9.17, 15) is 22.8 Å². The van der Waals surface area contributed by atoms with Crippen LogP contribution in [0.15, 0.2) is 24.3 Å². The number of ether oxygens (including phenoxy) is 4. The predicted molar refractivity (Wildman–Crippen MR) is 99.5 cm³/mol. The van der Waals surface area contributed by atoms with Gasteiger partial charge in [-0.25, -0.2) is 9.59 Å². The molecule has 3 amide bonds. The standard InChI is InChI=1S/C19H22F3N3O6/c20-19(21,22)11-2-1-3-12(8-11)23-18(27)31-14-10-30-15-13(9-29-16(14)15)24-17(26)25-4-6-28-7-5-25/h1-3,8,13-16H,4-7,9-10H2,(H,23,27)(H,24,26). The van der Waals surface area contributed by atoms with E-state index in [0.29, 0.717) is 26.3 Å². The molecule has 3 saturated heterocycles. The summed E-state index contributed by atoms with van der Waals surface area (Å²) in [7, 11) is 0. The maximum absolute atomic E-state index is 12.8. The van der Waals surface area contributed by atoms with E-state index in [2.05, 4.69) is 10.6 Å². The molecule has 3 heterocycles. The zero-order chi connectivity index (χ0) is 22.0. The third kappa shape index (κ3) is 5.02. The van der Waals surface area contributed by atoms with Crippen LogP contribution in [0, 0.1) is 0 Å². The predicted octanol–water partition coefficient (Wildman–Crippen LogP) is 1.83. The number of benzene rings is 1. The minimum absolute atomic E-state index is 0.0433. The first-order valence-electron chi connectivity index (χ1n) is 9.82. The van der Waals surface area contributed by atoms with Gasteiger partial charge in [0.25, 0.3) is 0 Å². The van der Waals surface area contributed by atoms with Crippen molar-refractivity contribution in [1.82, 2.24) is 10.2 Å². The first kappa shape index (κ1) is 21.7. The van der Waals surface area contributed by atoms with Crippen molar-refractivity contribution in [2.24, 2.45) is 0 Å². The zero-order valence-electron chi connectivity index (χ0n) is 16.4. The van der Waals surface area contributed by atoms with Gasteiger partial charge in [0.1, 0.15) is 12.2 Å². The summed E-state index contributed by atoms with van der Waals surface area (Å²) in [6, 6.07) is 3.60. The highest BCUT2D eigenvalue weighted by Gasteiger charge is 2.50. The molecule has 4 unspecified atom stereocenters. The summed E-state index contributed by atoms with van der Waals surface area (Å²) in [5.74, 6) is 0. The Morgan fingerprint density at radius 3 is 2.58 bits per heavy atom. The summed E-state index contributed by atoms with van der Waals surface area (Å²) in [5.41, 5.74) is -0.925. The molecule has 31 heavy (non-hydrogen) atoms. The molecular formula is C19H22F3N3O6. The lowest BCUT2D eigenvalue weighted by Crippen LogP contribution is -2.52. The number of amides is 3. The van der Waals surface area contributed by atoms with Gasteiger partial charge in [-0.15, -0.1) is 0 Å². The van der Waals surface area contributed by atoms with Crippen LogP contribution in [0.2, 0.25) is 0 Å². The Labute approximate surface area is 175 Å². The van der Waals surface area contributed by atoms with E-state index in [1.807, 2.05) is 0 Å². The fraction of sp³-hybridized carbons (Fsp3) is 0.579. The van der Waals surface area contributed by atoms with Crippen LogP contribution in [0.3, 0.4) is 0 Å². The van der Waals surface area contributed by atoms with Gasteiger partial charge in [0.05, 0.1) is 38.0 Å². The monoisotopic (exact) mass is 445 g/mol. The van der Waals surface area contributed by atoms with Crippen molar-refractivity contribution in [3.8, 4) is 0 Å². The van der Waals surface area contributed by atoms with Crippen molar-refractivity contribution >= 4 is 17.8 Å². The molecule has 1 aromatic carbocycles. The Hall–Kier alpha value is -2.57. The van der Waals surface area contributed by atoms with Gasteiger partial charge in [0.15, 0.2) is 6.10 Å². The van der Waals surface area contributed by atoms with Crippen LogP contribution in [0.5, 0.6) is 0 Å². The minimum Gasteiger partial charge on any atom is -0.441 e. The summed E-state index contributed by atoms with van der Waals surface area (Å²) in [6.45, 7) is 2.20. The van der Waals surface area contributed by atoms with Crippen LogP contribution >= 0.6 is 0 Å². The molecule has 0 spiro atoms. The summed E-state index contributed by atoms with van der Waals surface area (Å²) in [6.07, 6.45) is -7.26. The number of fused-ring (bicyclic) bond motifs is 1. The van der Waals surface area contributed by atoms with Gasteiger partial charge in [0, 0.05) is 18.8 Å². The Balaban J connectivity index is 1.29. The van der Waals surface area contributed by atoms with Crippen molar-refractivity contribution in [2.45, 2.75) is 30.5 Å². The second kappa shape index (κ2) is 8.89. The molecule has 0 aromatic heterocycles. The molecule has 3 aliphatic heterocycles. The second-order valence-corrected chi connectivity index (χ2v) is 7.40. The van der Waals surface area contributed by atoms with Crippen LogP contribution < -0.4 is 10.6 Å². The number of halogens is 3. The average molecular weight is 445 g/mol. The van der Waals surface area contributed by atoms with E-state index in [-0.39, 0.29) is 24.9 Å². The summed E-state index contributed by atoms with van der Waals surface area (Å²) in [4.78, 5) is 26.2. The quantitative estimate of drug-likeness (QED) is 0.737. The number of urea groups is 1. The molecule has 0 aliphatic carbocycles. The molecular weight excluding hydrogens is 423 g/mol. The first-order chi connectivity index (χ1) is 14.8. The summed E-state index contributed by atoms with van der Waals surface area (Å²) < 4.78 is 60.3. The number of hydrogen-bond acceptors (Lipinski definition) is 6. The molecule has 0 bridgehead atoms. The number of nitrogens with zero attached hydrogens (tertiary/aromatic N) is 1. The number of carbonyl (C=O) groups is 2. The fourth-order valence-corrected chi connectivity index (χ4v) is 3.76. The van der Waals surface area contributed by atoms with E-state index in [0.717, 1.165) is 12.1 Å². The molecule has 0 radical (unpaired) electrons. The van der Waals surface area contributed by atoms with E-state index in [1.165, 1.54) is 12.1 Å². The van der Waals surface area contributed by atoms with Crippen molar-refractivity contribution in [3.05, 3.63) is 29.8 Å². The van der Waals surface area contributed by atoms with Crippen molar-refractivity contribution in [2.75, 3.05) is 44.8 Å². The fourth-order valence-electron chi connectivity index (χ4n) is 3.76. The Morgan fingerprint density at radius 1 is 1.10 bits per heavy atom. The molecule has 4 rings (SSSR count). The lowest BCUT2D eigenvalue weighted by atomic mass is 10.1. The number of rotatable bonds is 3. The van der Waals surface area contributed by atoms with Crippen LogP contribution in [0.1, 0.15) is 5.56 Å². The lowest BCUT2D eigenvalue weighted by Gasteiger charge is -2.29. The highest BCUT2D eigenvalue weighted by Crippen LogP contribution is 2.31. The van der Waals surface area contributed by atoms with Gasteiger partial charge in [-0.05, 0) is 18.2 Å². The first-order valence-corrected chi connectivity index (χ1v) is 9.82. The SMILES string of the molecule is O=C(Nc1cccc(C(F)(F)F)c1)OC1COC2C(NC(=O)N3CCOCC3)COC12. The van der Waals surface area contributed by atoms with Crippen LogP contribution in [0.25, 0.3) is 0 Å². The number of morpholine rings is 1. The molecule has 4 atom stereocenters. The number of carbonyl (C=O) groups excluding carboxylic acids is 2. The van der Waals surface area contributed by atoms with Crippen molar-refractivity contribution < 1.29 is 41.7 Å². The van der Waals surface area contributed by atoms with Crippen molar-refractivity contribution in [1.29, 1.82) is 0 Å². The molecule has 0 saturated carbocycles. The van der Waals surface area contributed by atoms with Gasteiger partial charge < -0.3 is 29.2 Å². The van der Waals surface area contributed by atoms with Gasteiger partial charge >= 0.3 is 18.3 Å². The third-order valence-electron chi connectivity index (χ3n) is 5.31. The van der Waals surface area contributed by atoms with E-state index in [1.54, 1.807) is 4.90 Å². The Kier molecular flexibility index (Phi) is 6.21. The van der Waals surface area contributed by atoms with Crippen LogP contribution in [-0.2, 0) is 25.1 Å². The number of nitrogens with one attached hydrogen (secondary N) is 2. The summed E-state index contributed by atoms with van der Waals surface area (Å²) in [5, 5.41) is 5.16. The van der Waals surface area contributed by atoms with E-state index in [4.69, 9.17) is 18.9 Å². The van der Waals surface area contributed by atoms with Gasteiger partial charge in [-0.2, -0.15) is 13.2 Å². The normalized spacial score (nSPS) is 28.2. The third-order valence-corrected chi connectivity index (χ3v) is 5.31. The average Bonchev–Trinajstić information content (AvgIpc) is 3.32. The lowest BCUT2D eigenvalue weighted by molar-refractivity contribution is -0.137. The van der Waals surface area contributed by atoms with Gasteiger partial charge in [-0.3, -0.25) is 5.32 Å². The van der Waals surface area contributed by atoms with E-state index < -0.39 is 42.2 Å². The Bertz CT molecular complexity index is 817. The van der Waals surface area contributed by atoms with Gasteiger partial charge in [0.2, 0.25) is 0 Å². The molecule has 3 fully saturated rings. The van der Waals surface area contributed by atoms with Gasteiger partial charge in [-0.1, -0.05) is 6.07 Å². The highest BCUT2D eigenvalue weighted by atomic mass is 19.4. The summed E-state index contributed by atoms with van der Waals surface area (Å²) >= 11 is 0. The van der Waals surface area contributed by atoms with Crippen LogP contribution in [-0.4, -0.2) is 80.9 Å². The molecule has 2 N–H and O–H groups in total. The number of hydrogen-bond donors (Lipinski definition) is 2. The maximum atomic E-state index is 12.8. The number of anilines is 1. The Morgan fingerprint density at radius 2 is 1.84 bits per heavy atom. The van der Waals surface area contributed by atoms with E-state index >= 15 is 0 Å². The molecule has 9 nitrogen and oxygen atoms in total. The molecule has 3 aliphatic rings. The molecule has 170 valence electrons. The maximum Gasteiger partial charge on any atom is 0.416 e. The second-order valence-electron chi connectivity index (χ2n) is 7.40. The van der Waals surface area contributed by atoms with Crippen LogP contribution in [0.4, 0.5) is 28.4 Å². The largest absolute Gasteiger partial charge is 0.441 e. The smallest absolute Gasteiger partial charge is 0.416 e. The zero-order valence-corrected chi connectivity index (χ0v) is 16.4. The molecule has 1 aromatic rings. The topological polar surface area (TPSA) is 98.4 Å². The van der Waals surface area contributed by atoms with Crippen molar-refractivity contribution in [3.63, 3.8) is 0 Å².